The molecule has 1 saturated heterocycles. The molecule has 0 saturated carbocycles. The summed E-state index contributed by atoms with van der Waals surface area (Å²) in [6, 6.07) is 9.76. The molecule has 1 amide bonds. The molecule has 0 radical (unpaired) electrons. The standard InChI is InChI=1S/C23H28ClFN2O3/c1-16-10-20(11-17(2)22(16)24)30-15-23(29)8-3-9-27(14-23)13-21(28)26-12-18-4-6-19(25)7-5-18/h4-7,10-11,29H,3,8-9,12-15H2,1-2H3,(H,26,28)/t23-/m0/s1. The van der Waals surface area contributed by atoms with Crippen molar-refractivity contribution in [3.05, 3.63) is 63.9 Å². The molecule has 7 heteroatoms. The first-order valence-corrected chi connectivity index (χ1v) is 10.5. The van der Waals surface area contributed by atoms with Crippen LogP contribution in [0.3, 0.4) is 0 Å². The van der Waals surface area contributed by atoms with E-state index in [0.29, 0.717) is 25.3 Å². The number of rotatable bonds is 7. The van der Waals surface area contributed by atoms with Gasteiger partial charge in [-0.3, -0.25) is 9.69 Å². The lowest BCUT2D eigenvalue weighted by Gasteiger charge is -2.38. The van der Waals surface area contributed by atoms with Crippen LogP contribution in [0.25, 0.3) is 0 Å². The lowest BCUT2D eigenvalue weighted by atomic mass is 9.93. The molecule has 3 rings (SSSR count). The zero-order valence-electron chi connectivity index (χ0n) is 17.4. The van der Waals surface area contributed by atoms with Gasteiger partial charge in [0.05, 0.1) is 6.54 Å². The summed E-state index contributed by atoms with van der Waals surface area (Å²) in [6.45, 7) is 5.64. The third-order valence-electron chi connectivity index (χ3n) is 5.32. The number of aryl methyl sites for hydroxylation is 2. The van der Waals surface area contributed by atoms with Crippen molar-refractivity contribution in [1.29, 1.82) is 0 Å². The maximum absolute atomic E-state index is 13.0. The number of ether oxygens (including phenoxy) is 1. The van der Waals surface area contributed by atoms with Gasteiger partial charge in [0.25, 0.3) is 0 Å². The first-order valence-electron chi connectivity index (χ1n) is 10.1. The van der Waals surface area contributed by atoms with Gasteiger partial charge >= 0.3 is 0 Å². The summed E-state index contributed by atoms with van der Waals surface area (Å²) in [7, 11) is 0. The number of benzene rings is 2. The van der Waals surface area contributed by atoms with Crippen molar-refractivity contribution in [2.45, 2.75) is 38.8 Å². The summed E-state index contributed by atoms with van der Waals surface area (Å²) < 4.78 is 18.8. The van der Waals surface area contributed by atoms with Crippen LogP contribution in [0.1, 0.15) is 29.5 Å². The number of nitrogens with one attached hydrogen (secondary N) is 1. The lowest BCUT2D eigenvalue weighted by molar-refractivity contribution is -0.124. The zero-order chi connectivity index (χ0) is 21.7. The van der Waals surface area contributed by atoms with Crippen molar-refractivity contribution in [3.63, 3.8) is 0 Å². The van der Waals surface area contributed by atoms with Crippen LogP contribution >= 0.6 is 11.6 Å². The van der Waals surface area contributed by atoms with E-state index in [1.165, 1.54) is 12.1 Å². The highest BCUT2D eigenvalue weighted by Crippen LogP contribution is 2.28. The Morgan fingerprint density at radius 1 is 1.27 bits per heavy atom. The highest BCUT2D eigenvalue weighted by molar-refractivity contribution is 6.32. The van der Waals surface area contributed by atoms with Crippen LogP contribution in [0.2, 0.25) is 5.02 Å². The Balaban J connectivity index is 1.49. The molecule has 1 heterocycles. The summed E-state index contributed by atoms with van der Waals surface area (Å²) >= 11 is 6.20. The maximum atomic E-state index is 13.0. The van der Waals surface area contributed by atoms with Gasteiger partial charge in [-0.2, -0.15) is 0 Å². The van der Waals surface area contributed by atoms with E-state index < -0.39 is 5.60 Å². The predicted molar refractivity (Wildman–Crippen MR) is 115 cm³/mol. The summed E-state index contributed by atoms with van der Waals surface area (Å²) in [6.07, 6.45) is 1.40. The van der Waals surface area contributed by atoms with Crippen LogP contribution in [-0.4, -0.2) is 47.8 Å². The maximum Gasteiger partial charge on any atom is 0.234 e. The minimum Gasteiger partial charge on any atom is -0.491 e. The molecule has 1 aliphatic rings. The topological polar surface area (TPSA) is 61.8 Å². The van der Waals surface area contributed by atoms with E-state index in [-0.39, 0.29) is 24.9 Å². The fraction of sp³-hybridized carbons (Fsp3) is 0.435. The predicted octanol–water partition coefficient (Wildman–Crippen LogP) is 3.62. The quantitative estimate of drug-likeness (QED) is 0.698. The largest absolute Gasteiger partial charge is 0.491 e. The third kappa shape index (κ3) is 6.17. The summed E-state index contributed by atoms with van der Waals surface area (Å²) in [5, 5.41) is 14.5. The van der Waals surface area contributed by atoms with Crippen LogP contribution in [0.15, 0.2) is 36.4 Å². The summed E-state index contributed by atoms with van der Waals surface area (Å²) in [5.41, 5.74) is 1.68. The van der Waals surface area contributed by atoms with E-state index in [4.69, 9.17) is 16.3 Å². The van der Waals surface area contributed by atoms with E-state index in [2.05, 4.69) is 5.32 Å². The van der Waals surface area contributed by atoms with Crippen molar-refractivity contribution in [3.8, 4) is 5.75 Å². The second kappa shape index (κ2) is 9.77. The number of amides is 1. The monoisotopic (exact) mass is 434 g/mol. The van der Waals surface area contributed by atoms with Gasteiger partial charge in [-0.1, -0.05) is 23.7 Å². The first kappa shape index (κ1) is 22.5. The molecule has 0 aromatic heterocycles. The van der Waals surface area contributed by atoms with Crippen LogP contribution in [0.4, 0.5) is 4.39 Å². The van der Waals surface area contributed by atoms with Crippen molar-refractivity contribution < 1.29 is 19.0 Å². The number of piperidine rings is 1. The number of aliphatic hydroxyl groups is 1. The summed E-state index contributed by atoms with van der Waals surface area (Å²) in [5.74, 6) is 0.245. The van der Waals surface area contributed by atoms with Crippen molar-refractivity contribution in [2.24, 2.45) is 0 Å². The molecule has 1 fully saturated rings. The average Bonchev–Trinajstić information content (AvgIpc) is 2.70. The van der Waals surface area contributed by atoms with E-state index in [1.807, 2.05) is 30.9 Å². The summed E-state index contributed by atoms with van der Waals surface area (Å²) in [4.78, 5) is 14.2. The molecular weight excluding hydrogens is 407 g/mol. The van der Waals surface area contributed by atoms with Gasteiger partial charge in [0, 0.05) is 18.1 Å². The van der Waals surface area contributed by atoms with Gasteiger partial charge in [0.15, 0.2) is 0 Å². The second-order valence-corrected chi connectivity index (χ2v) is 8.48. The number of nitrogens with zero attached hydrogens (tertiary/aromatic N) is 1. The Morgan fingerprint density at radius 2 is 1.93 bits per heavy atom. The van der Waals surface area contributed by atoms with Gasteiger partial charge in [-0.05, 0) is 74.2 Å². The zero-order valence-corrected chi connectivity index (χ0v) is 18.1. The second-order valence-electron chi connectivity index (χ2n) is 8.10. The van der Waals surface area contributed by atoms with Gasteiger partial charge in [0.1, 0.15) is 23.8 Å². The van der Waals surface area contributed by atoms with Crippen molar-refractivity contribution in [1.82, 2.24) is 10.2 Å². The van der Waals surface area contributed by atoms with E-state index in [9.17, 15) is 14.3 Å². The van der Waals surface area contributed by atoms with Crippen LogP contribution in [-0.2, 0) is 11.3 Å². The van der Waals surface area contributed by atoms with Gasteiger partial charge in [0.2, 0.25) is 5.91 Å². The highest BCUT2D eigenvalue weighted by atomic mass is 35.5. The fourth-order valence-electron chi connectivity index (χ4n) is 3.73. The van der Waals surface area contributed by atoms with Crippen LogP contribution < -0.4 is 10.1 Å². The smallest absolute Gasteiger partial charge is 0.234 e. The van der Waals surface area contributed by atoms with Gasteiger partial charge in [-0.15, -0.1) is 0 Å². The highest BCUT2D eigenvalue weighted by Gasteiger charge is 2.34. The molecule has 30 heavy (non-hydrogen) atoms. The number of carbonyl (C=O) groups is 1. The molecule has 1 atom stereocenters. The fourth-order valence-corrected chi connectivity index (χ4v) is 3.84. The van der Waals surface area contributed by atoms with E-state index in [1.54, 1.807) is 12.1 Å². The number of likely N-dealkylation sites (tertiary alicyclic amines) is 1. The molecule has 5 nitrogen and oxygen atoms in total. The van der Waals surface area contributed by atoms with Crippen LogP contribution in [0, 0.1) is 19.7 Å². The average molecular weight is 435 g/mol. The molecule has 1 aliphatic heterocycles. The lowest BCUT2D eigenvalue weighted by Crippen LogP contribution is -2.53. The normalized spacial score (nSPS) is 19.5. The van der Waals surface area contributed by atoms with Crippen molar-refractivity contribution >= 4 is 17.5 Å². The van der Waals surface area contributed by atoms with Crippen LogP contribution in [0.5, 0.6) is 5.75 Å². The Kier molecular flexibility index (Phi) is 7.34. The molecule has 162 valence electrons. The number of hydrogen-bond acceptors (Lipinski definition) is 4. The Hall–Kier alpha value is -2.15. The molecule has 2 aromatic carbocycles. The minimum absolute atomic E-state index is 0.131. The Labute approximate surface area is 181 Å². The Bertz CT molecular complexity index is 868. The molecule has 0 aliphatic carbocycles. The van der Waals surface area contributed by atoms with Gasteiger partial charge < -0.3 is 15.2 Å². The molecule has 0 spiro atoms. The number of hydrogen-bond donors (Lipinski definition) is 2. The number of halogens is 2. The van der Waals surface area contributed by atoms with E-state index in [0.717, 1.165) is 34.7 Å². The molecule has 2 N–H and O–H groups in total. The number of carbonyl (C=O) groups excluding carboxylic acids is 1. The minimum atomic E-state index is -1.02. The van der Waals surface area contributed by atoms with Gasteiger partial charge in [-0.25, -0.2) is 4.39 Å². The molecule has 2 aromatic rings. The molecular formula is C23H28ClFN2O3. The third-order valence-corrected chi connectivity index (χ3v) is 5.92. The molecule has 0 unspecified atom stereocenters. The van der Waals surface area contributed by atoms with E-state index >= 15 is 0 Å². The Morgan fingerprint density at radius 3 is 2.60 bits per heavy atom. The molecule has 0 bridgehead atoms. The first-order chi connectivity index (χ1) is 14.2. The number of β-amino-alcohol motifs (C(OH)–C–C–N with tert-alkyl or cyclic N) is 1. The van der Waals surface area contributed by atoms with Crippen molar-refractivity contribution in [2.75, 3.05) is 26.2 Å². The SMILES string of the molecule is Cc1cc(OC[C@]2(O)CCCN(CC(=O)NCc3ccc(F)cc3)C2)cc(C)c1Cl.